The van der Waals surface area contributed by atoms with Crippen LogP contribution < -0.4 is 14.8 Å². The van der Waals surface area contributed by atoms with Crippen molar-refractivity contribution in [1.29, 1.82) is 0 Å². The summed E-state index contributed by atoms with van der Waals surface area (Å²) in [5, 5.41) is 2.92. The summed E-state index contributed by atoms with van der Waals surface area (Å²) in [7, 11) is -2.28. The standard InChI is InChI=1S/C25H28N2O4S/c1-16-6-7-17(2)23(14-16)27-32(29,30)24-15-21(9-8-18(24)3)25(28)26-19(4)20-10-12-22(31-5)13-11-20/h6-15,19,27H,1-5H3,(H,26,28)/t19-/m0/s1. The van der Waals surface area contributed by atoms with Crippen molar-refractivity contribution in [3.63, 3.8) is 0 Å². The molecule has 0 saturated heterocycles. The van der Waals surface area contributed by atoms with Crippen LogP contribution in [-0.4, -0.2) is 21.4 Å². The molecule has 0 bridgehead atoms. The highest BCUT2D eigenvalue weighted by molar-refractivity contribution is 7.92. The molecule has 0 heterocycles. The van der Waals surface area contributed by atoms with Gasteiger partial charge in [-0.25, -0.2) is 8.42 Å². The van der Waals surface area contributed by atoms with Crippen molar-refractivity contribution in [3.8, 4) is 5.75 Å². The van der Waals surface area contributed by atoms with E-state index in [4.69, 9.17) is 4.74 Å². The van der Waals surface area contributed by atoms with Crippen LogP contribution in [0.4, 0.5) is 5.69 Å². The number of nitrogens with one attached hydrogen (secondary N) is 2. The van der Waals surface area contributed by atoms with Gasteiger partial charge in [-0.05, 0) is 80.3 Å². The van der Waals surface area contributed by atoms with Crippen molar-refractivity contribution >= 4 is 21.6 Å². The molecule has 0 saturated carbocycles. The second kappa shape index (κ2) is 9.44. The van der Waals surface area contributed by atoms with Crippen molar-refractivity contribution in [3.05, 3.63) is 88.5 Å². The third-order valence-corrected chi connectivity index (χ3v) is 6.85. The first-order chi connectivity index (χ1) is 15.1. The van der Waals surface area contributed by atoms with Gasteiger partial charge in [0, 0.05) is 5.56 Å². The van der Waals surface area contributed by atoms with Gasteiger partial charge in [-0.15, -0.1) is 0 Å². The lowest BCUT2D eigenvalue weighted by Gasteiger charge is -2.16. The van der Waals surface area contributed by atoms with Crippen LogP contribution in [0.5, 0.6) is 5.75 Å². The monoisotopic (exact) mass is 452 g/mol. The van der Waals surface area contributed by atoms with Crippen molar-refractivity contribution in [2.75, 3.05) is 11.8 Å². The summed E-state index contributed by atoms with van der Waals surface area (Å²) in [6.45, 7) is 7.32. The number of sulfonamides is 1. The van der Waals surface area contributed by atoms with E-state index in [1.54, 1.807) is 32.2 Å². The Bertz CT molecular complexity index is 1240. The lowest BCUT2D eigenvalue weighted by molar-refractivity contribution is 0.0939. The Kier molecular flexibility index (Phi) is 6.89. The Morgan fingerprint density at radius 2 is 1.56 bits per heavy atom. The SMILES string of the molecule is COc1ccc([C@H](C)NC(=O)c2ccc(C)c(S(=O)(=O)Nc3cc(C)ccc3C)c2)cc1. The predicted molar refractivity (Wildman–Crippen MR) is 127 cm³/mol. The number of carbonyl (C=O) groups is 1. The van der Waals surface area contributed by atoms with Gasteiger partial charge < -0.3 is 10.1 Å². The zero-order valence-corrected chi connectivity index (χ0v) is 19.7. The van der Waals surface area contributed by atoms with Crippen molar-refractivity contribution in [2.24, 2.45) is 0 Å². The van der Waals surface area contributed by atoms with Gasteiger partial charge in [0.05, 0.1) is 23.7 Å². The molecule has 2 N–H and O–H groups in total. The number of aryl methyl sites for hydroxylation is 3. The van der Waals surface area contributed by atoms with Gasteiger partial charge in [-0.1, -0.05) is 30.3 Å². The zero-order chi connectivity index (χ0) is 23.5. The number of anilines is 1. The second-order valence-electron chi connectivity index (χ2n) is 7.87. The highest BCUT2D eigenvalue weighted by Gasteiger charge is 2.21. The molecule has 0 spiro atoms. The average molecular weight is 453 g/mol. The van der Waals surface area contributed by atoms with Crippen LogP contribution in [0.2, 0.25) is 0 Å². The minimum atomic E-state index is -3.87. The Hall–Kier alpha value is -3.32. The molecule has 168 valence electrons. The lowest BCUT2D eigenvalue weighted by Crippen LogP contribution is -2.27. The largest absolute Gasteiger partial charge is 0.497 e. The number of carbonyl (C=O) groups excluding carboxylic acids is 1. The fraction of sp³-hybridized carbons (Fsp3) is 0.240. The number of benzene rings is 3. The Balaban J connectivity index is 1.83. The van der Waals surface area contributed by atoms with Crippen molar-refractivity contribution in [2.45, 2.75) is 38.6 Å². The number of methoxy groups -OCH3 is 1. The van der Waals surface area contributed by atoms with Crippen molar-refractivity contribution in [1.82, 2.24) is 5.32 Å². The van der Waals surface area contributed by atoms with E-state index in [0.29, 0.717) is 11.3 Å². The number of hydrogen-bond acceptors (Lipinski definition) is 4. The fourth-order valence-electron chi connectivity index (χ4n) is 3.33. The first-order valence-electron chi connectivity index (χ1n) is 10.3. The molecular weight excluding hydrogens is 424 g/mol. The van der Waals surface area contributed by atoms with E-state index in [1.807, 2.05) is 57.2 Å². The zero-order valence-electron chi connectivity index (χ0n) is 18.9. The summed E-state index contributed by atoms with van der Waals surface area (Å²) in [6.07, 6.45) is 0. The maximum atomic E-state index is 13.1. The van der Waals surface area contributed by atoms with Gasteiger partial charge in [0.2, 0.25) is 0 Å². The van der Waals surface area contributed by atoms with E-state index in [1.165, 1.54) is 6.07 Å². The minimum Gasteiger partial charge on any atom is -0.497 e. The molecule has 0 aliphatic heterocycles. The van der Waals surface area contributed by atoms with Crippen LogP contribution in [0.15, 0.2) is 65.6 Å². The van der Waals surface area contributed by atoms with Crippen LogP contribution in [0.3, 0.4) is 0 Å². The molecule has 7 heteroatoms. The maximum absolute atomic E-state index is 13.1. The highest BCUT2D eigenvalue weighted by Crippen LogP contribution is 2.24. The van der Waals surface area contributed by atoms with E-state index >= 15 is 0 Å². The molecule has 3 aromatic carbocycles. The molecule has 6 nitrogen and oxygen atoms in total. The Labute approximate surface area is 189 Å². The number of hydrogen-bond donors (Lipinski definition) is 2. The summed E-state index contributed by atoms with van der Waals surface area (Å²) < 4.78 is 34.0. The smallest absolute Gasteiger partial charge is 0.262 e. The number of amides is 1. The first kappa shape index (κ1) is 23.3. The Morgan fingerprint density at radius 1 is 0.906 bits per heavy atom. The van der Waals surface area contributed by atoms with Crippen LogP contribution in [-0.2, 0) is 10.0 Å². The highest BCUT2D eigenvalue weighted by atomic mass is 32.2. The molecule has 0 aliphatic carbocycles. The van der Waals surface area contributed by atoms with Gasteiger partial charge in [-0.3, -0.25) is 9.52 Å². The first-order valence-corrected chi connectivity index (χ1v) is 11.7. The topological polar surface area (TPSA) is 84.5 Å². The van der Waals surface area contributed by atoms with Crippen LogP contribution in [0, 0.1) is 20.8 Å². The quantitative estimate of drug-likeness (QED) is 0.533. The predicted octanol–water partition coefficient (Wildman–Crippen LogP) is 4.91. The van der Waals surface area contributed by atoms with Gasteiger partial charge in [0.25, 0.3) is 15.9 Å². The summed E-state index contributed by atoms with van der Waals surface area (Å²) in [4.78, 5) is 12.9. The van der Waals surface area contributed by atoms with E-state index in [-0.39, 0.29) is 22.4 Å². The summed E-state index contributed by atoms with van der Waals surface area (Å²) in [6, 6.07) is 17.4. The van der Waals surface area contributed by atoms with Gasteiger partial charge in [-0.2, -0.15) is 0 Å². The second-order valence-corrected chi connectivity index (χ2v) is 9.52. The summed E-state index contributed by atoms with van der Waals surface area (Å²) in [5.74, 6) is 0.383. The van der Waals surface area contributed by atoms with Gasteiger partial charge >= 0.3 is 0 Å². The molecule has 1 atom stereocenters. The molecule has 32 heavy (non-hydrogen) atoms. The van der Waals surface area contributed by atoms with Crippen LogP contribution >= 0.6 is 0 Å². The van der Waals surface area contributed by atoms with Gasteiger partial charge in [0.15, 0.2) is 0 Å². The normalized spacial score (nSPS) is 12.2. The molecular formula is C25H28N2O4S. The van der Waals surface area contributed by atoms with E-state index in [9.17, 15) is 13.2 Å². The molecule has 3 aromatic rings. The van der Waals surface area contributed by atoms with E-state index in [0.717, 1.165) is 22.4 Å². The van der Waals surface area contributed by atoms with Gasteiger partial charge in [0.1, 0.15) is 5.75 Å². The minimum absolute atomic E-state index is 0.0724. The molecule has 1 amide bonds. The third-order valence-electron chi connectivity index (χ3n) is 5.34. The maximum Gasteiger partial charge on any atom is 0.262 e. The fourth-order valence-corrected chi connectivity index (χ4v) is 4.73. The van der Waals surface area contributed by atoms with E-state index < -0.39 is 10.0 Å². The molecule has 0 radical (unpaired) electrons. The molecule has 0 aliphatic rings. The van der Waals surface area contributed by atoms with Crippen molar-refractivity contribution < 1.29 is 17.9 Å². The van der Waals surface area contributed by atoms with E-state index in [2.05, 4.69) is 10.0 Å². The molecule has 0 aromatic heterocycles. The number of rotatable bonds is 7. The van der Waals surface area contributed by atoms with Crippen LogP contribution in [0.25, 0.3) is 0 Å². The molecule has 0 unspecified atom stereocenters. The number of ether oxygens (including phenoxy) is 1. The molecule has 3 rings (SSSR count). The summed E-state index contributed by atoms with van der Waals surface area (Å²) >= 11 is 0. The lowest BCUT2D eigenvalue weighted by atomic mass is 10.1. The van der Waals surface area contributed by atoms with Crippen LogP contribution in [0.1, 0.15) is 45.6 Å². The average Bonchev–Trinajstić information content (AvgIpc) is 2.76. The summed E-state index contributed by atoms with van der Waals surface area (Å²) in [5.41, 5.74) is 4.03. The Morgan fingerprint density at radius 3 is 2.22 bits per heavy atom. The molecule has 0 fully saturated rings. The third kappa shape index (κ3) is 5.29.